The zero-order valence-corrected chi connectivity index (χ0v) is 14.5. The molecule has 1 aromatic rings. The van der Waals surface area contributed by atoms with Crippen LogP contribution < -0.4 is 5.73 Å². The summed E-state index contributed by atoms with van der Waals surface area (Å²) in [6.07, 6.45) is 1.68. The van der Waals surface area contributed by atoms with Gasteiger partial charge in [-0.3, -0.25) is 4.68 Å². The van der Waals surface area contributed by atoms with Crippen LogP contribution in [0.2, 0.25) is 5.02 Å². The third-order valence-electron chi connectivity index (χ3n) is 3.63. The molecule has 1 saturated heterocycles. The topological polar surface area (TPSA) is 53.1 Å². The Kier molecular flexibility index (Phi) is 6.10. The number of hydrogen-bond donors (Lipinski definition) is 1. The van der Waals surface area contributed by atoms with Crippen molar-refractivity contribution in [1.29, 1.82) is 0 Å². The third kappa shape index (κ3) is 3.65. The molecule has 2 rings (SSSR count). The molecule has 0 saturated carbocycles. The predicted octanol–water partition coefficient (Wildman–Crippen LogP) is 2.81. The fourth-order valence-electron chi connectivity index (χ4n) is 2.23. The Labute approximate surface area is 134 Å². The fraction of sp³-hybridized carbons (Fsp3) is 0.769. The molecule has 7 heteroatoms. The molecule has 0 spiro atoms. The second-order valence-corrected chi connectivity index (χ2v) is 8.48. The number of rotatable bonds is 5. The zero-order valence-electron chi connectivity index (χ0n) is 12.1. The lowest BCUT2D eigenvalue weighted by molar-refractivity contribution is 0.182. The maximum atomic E-state index is 6.47. The number of nitrogens with zero attached hydrogens (tertiary/aromatic N) is 2. The summed E-state index contributed by atoms with van der Waals surface area (Å²) < 4.78 is 6.99. The Morgan fingerprint density at radius 2 is 2.30 bits per heavy atom. The van der Waals surface area contributed by atoms with Crippen molar-refractivity contribution >= 4 is 35.1 Å². The lowest BCUT2D eigenvalue weighted by Crippen LogP contribution is -2.35. The molecule has 2 heterocycles. The Morgan fingerprint density at radius 3 is 2.95 bits per heavy atom. The molecule has 4 nitrogen and oxygen atoms in total. The maximum absolute atomic E-state index is 6.47. The minimum absolute atomic E-state index is 0.0886. The average Bonchev–Trinajstić information content (AvgIpc) is 2.80. The van der Waals surface area contributed by atoms with Gasteiger partial charge in [0.15, 0.2) is 0 Å². The van der Waals surface area contributed by atoms with Crippen LogP contribution in [-0.2, 0) is 11.3 Å². The maximum Gasteiger partial charge on any atom is 0.0834 e. The van der Waals surface area contributed by atoms with E-state index >= 15 is 0 Å². The largest absolute Gasteiger partial charge is 0.383 e. The Hall–Kier alpha value is 0.120. The van der Waals surface area contributed by atoms with E-state index in [1.165, 1.54) is 0 Å². The van der Waals surface area contributed by atoms with Gasteiger partial charge in [-0.25, -0.2) is 0 Å². The molecule has 1 aliphatic rings. The Morgan fingerprint density at radius 1 is 1.55 bits per heavy atom. The quantitative estimate of drug-likeness (QED) is 0.896. The van der Waals surface area contributed by atoms with E-state index in [0.29, 0.717) is 33.9 Å². The standard InChI is InChI=1S/C13H22ClN3OS2/c1-8-9(2)20-11(7-19-8)12(15)13-10(14)6-16-17(13)4-5-18-3/h6,8-9,11-12H,4-5,7,15H2,1-3H3. The minimum Gasteiger partial charge on any atom is -0.383 e. The molecule has 1 fully saturated rings. The van der Waals surface area contributed by atoms with Crippen molar-refractivity contribution in [1.82, 2.24) is 9.78 Å². The highest BCUT2D eigenvalue weighted by Gasteiger charge is 2.32. The Bertz CT molecular complexity index is 443. The summed E-state index contributed by atoms with van der Waals surface area (Å²) in [7, 11) is 1.68. The summed E-state index contributed by atoms with van der Waals surface area (Å²) in [6, 6.07) is -0.0886. The van der Waals surface area contributed by atoms with Crippen LogP contribution in [0.1, 0.15) is 25.6 Å². The van der Waals surface area contributed by atoms with Gasteiger partial charge >= 0.3 is 0 Å². The summed E-state index contributed by atoms with van der Waals surface area (Å²) >= 11 is 10.2. The van der Waals surface area contributed by atoms with Gasteiger partial charge in [0, 0.05) is 28.6 Å². The zero-order chi connectivity index (χ0) is 14.7. The first-order chi connectivity index (χ1) is 9.54. The molecule has 2 N–H and O–H groups in total. The number of nitrogens with two attached hydrogens (primary N) is 1. The van der Waals surface area contributed by atoms with Gasteiger partial charge in [0.05, 0.1) is 36.1 Å². The van der Waals surface area contributed by atoms with E-state index in [9.17, 15) is 0 Å². The highest BCUT2D eigenvalue weighted by atomic mass is 35.5. The predicted molar refractivity (Wildman–Crippen MR) is 88.8 cm³/mol. The molecule has 0 aromatic carbocycles. The average molecular weight is 336 g/mol. The van der Waals surface area contributed by atoms with Crippen molar-refractivity contribution in [2.45, 2.75) is 42.2 Å². The van der Waals surface area contributed by atoms with Gasteiger partial charge < -0.3 is 10.5 Å². The van der Waals surface area contributed by atoms with Crippen LogP contribution in [0.4, 0.5) is 0 Å². The van der Waals surface area contributed by atoms with E-state index in [0.717, 1.165) is 11.4 Å². The number of aromatic nitrogens is 2. The second-order valence-electron chi connectivity index (χ2n) is 5.04. The molecule has 0 aliphatic carbocycles. The molecule has 4 unspecified atom stereocenters. The lowest BCUT2D eigenvalue weighted by Gasteiger charge is -2.34. The number of methoxy groups -OCH3 is 1. The third-order valence-corrected chi connectivity index (χ3v) is 7.44. The number of thioether (sulfide) groups is 2. The van der Waals surface area contributed by atoms with Crippen LogP contribution in [0.5, 0.6) is 0 Å². The molecule has 0 radical (unpaired) electrons. The van der Waals surface area contributed by atoms with Crippen LogP contribution in [0.15, 0.2) is 6.20 Å². The van der Waals surface area contributed by atoms with Crippen LogP contribution in [-0.4, -0.2) is 45.0 Å². The van der Waals surface area contributed by atoms with Gasteiger partial charge in [0.1, 0.15) is 0 Å². The highest BCUT2D eigenvalue weighted by Crippen LogP contribution is 2.41. The first-order valence-electron chi connectivity index (χ1n) is 6.77. The van der Waals surface area contributed by atoms with E-state index in [1.54, 1.807) is 13.3 Å². The van der Waals surface area contributed by atoms with E-state index in [2.05, 4.69) is 18.9 Å². The first-order valence-corrected chi connectivity index (χ1v) is 9.14. The summed E-state index contributed by atoms with van der Waals surface area (Å²) in [5.74, 6) is 1.06. The summed E-state index contributed by atoms with van der Waals surface area (Å²) in [6.45, 7) is 5.84. The second kappa shape index (κ2) is 7.40. The van der Waals surface area contributed by atoms with Crippen molar-refractivity contribution in [3.05, 3.63) is 16.9 Å². The molecule has 114 valence electrons. The van der Waals surface area contributed by atoms with Crippen molar-refractivity contribution < 1.29 is 4.74 Å². The van der Waals surface area contributed by atoms with Crippen molar-refractivity contribution in [2.75, 3.05) is 19.5 Å². The fourth-order valence-corrected chi connectivity index (χ4v) is 5.52. The summed E-state index contributed by atoms with van der Waals surface area (Å²) in [5, 5.41) is 6.63. The van der Waals surface area contributed by atoms with Crippen LogP contribution in [0.3, 0.4) is 0 Å². The van der Waals surface area contributed by atoms with Crippen molar-refractivity contribution in [3.8, 4) is 0 Å². The van der Waals surface area contributed by atoms with E-state index in [4.69, 9.17) is 22.1 Å². The van der Waals surface area contributed by atoms with Gasteiger partial charge in [0.25, 0.3) is 0 Å². The van der Waals surface area contributed by atoms with Crippen molar-refractivity contribution in [3.63, 3.8) is 0 Å². The number of hydrogen-bond acceptors (Lipinski definition) is 5. The first kappa shape index (κ1) is 16.5. The summed E-state index contributed by atoms with van der Waals surface area (Å²) in [4.78, 5) is 0. The monoisotopic (exact) mass is 335 g/mol. The summed E-state index contributed by atoms with van der Waals surface area (Å²) in [5.41, 5.74) is 7.41. The molecule has 1 aliphatic heterocycles. The van der Waals surface area contributed by atoms with Crippen molar-refractivity contribution in [2.24, 2.45) is 5.73 Å². The smallest absolute Gasteiger partial charge is 0.0834 e. The number of halogens is 1. The van der Waals surface area contributed by atoms with Gasteiger partial charge in [-0.15, -0.1) is 0 Å². The molecular formula is C13H22ClN3OS2. The van der Waals surface area contributed by atoms with Gasteiger partial charge in [-0.1, -0.05) is 25.4 Å². The minimum atomic E-state index is -0.0886. The van der Waals surface area contributed by atoms with E-state index < -0.39 is 0 Å². The van der Waals surface area contributed by atoms with Gasteiger partial charge in [0.2, 0.25) is 0 Å². The normalized spacial score (nSPS) is 28.6. The molecule has 0 bridgehead atoms. The highest BCUT2D eigenvalue weighted by molar-refractivity contribution is 8.07. The van der Waals surface area contributed by atoms with E-state index in [-0.39, 0.29) is 6.04 Å². The van der Waals surface area contributed by atoms with Crippen LogP contribution in [0, 0.1) is 0 Å². The Balaban J connectivity index is 2.12. The van der Waals surface area contributed by atoms with Gasteiger partial charge in [-0.2, -0.15) is 28.6 Å². The molecule has 1 aromatic heterocycles. The van der Waals surface area contributed by atoms with Crippen LogP contribution >= 0.6 is 35.1 Å². The lowest BCUT2D eigenvalue weighted by atomic mass is 10.1. The molecule has 0 amide bonds. The van der Waals surface area contributed by atoms with E-state index in [1.807, 2.05) is 28.2 Å². The number of ether oxygens (including phenoxy) is 1. The SMILES string of the molecule is COCCn1ncc(Cl)c1C(N)C1CSC(C)C(C)S1. The van der Waals surface area contributed by atoms with Gasteiger partial charge in [-0.05, 0) is 0 Å². The molecular weight excluding hydrogens is 314 g/mol. The van der Waals surface area contributed by atoms with Crippen LogP contribution in [0.25, 0.3) is 0 Å². The molecule has 4 atom stereocenters. The molecule has 20 heavy (non-hydrogen) atoms.